The molecule has 0 spiro atoms. The van der Waals surface area contributed by atoms with E-state index in [9.17, 15) is 9.59 Å². The molecule has 3 aromatic heterocycles. The van der Waals surface area contributed by atoms with Crippen LogP contribution < -0.4 is 5.56 Å². The zero-order valence-corrected chi connectivity index (χ0v) is 13.4. The molecule has 0 radical (unpaired) electrons. The molecule has 0 bridgehead atoms. The van der Waals surface area contributed by atoms with E-state index in [0.717, 1.165) is 0 Å². The Labute approximate surface area is 142 Å². The normalized spacial score (nSPS) is 14.2. The van der Waals surface area contributed by atoms with Gasteiger partial charge in [-0.15, -0.1) is 0 Å². The quantitative estimate of drug-likeness (QED) is 0.689. The molecule has 3 aromatic rings. The highest BCUT2D eigenvalue weighted by molar-refractivity contribution is 5.91. The Morgan fingerprint density at radius 2 is 2.24 bits per heavy atom. The Morgan fingerprint density at radius 1 is 1.32 bits per heavy atom. The molecule has 0 aromatic carbocycles. The van der Waals surface area contributed by atoms with Gasteiger partial charge in [-0.25, -0.2) is 14.6 Å². The van der Waals surface area contributed by atoms with E-state index in [1.54, 1.807) is 32.6 Å². The third-order valence-electron chi connectivity index (χ3n) is 4.09. The van der Waals surface area contributed by atoms with Crippen molar-refractivity contribution in [3.63, 3.8) is 0 Å². The number of fused-ring (bicyclic) bond motifs is 1. The minimum absolute atomic E-state index is 0.118. The van der Waals surface area contributed by atoms with Gasteiger partial charge in [0, 0.05) is 19.2 Å². The third-order valence-corrected chi connectivity index (χ3v) is 4.09. The molecule has 0 unspecified atom stereocenters. The molecule has 9 heteroatoms. The molecular formula is C16H16N6O3. The monoisotopic (exact) mass is 340 g/mol. The van der Waals surface area contributed by atoms with E-state index in [1.165, 1.54) is 18.7 Å². The zero-order chi connectivity index (χ0) is 17.2. The van der Waals surface area contributed by atoms with Crippen molar-refractivity contribution in [1.29, 1.82) is 0 Å². The summed E-state index contributed by atoms with van der Waals surface area (Å²) >= 11 is 0. The number of amides is 1. The summed E-state index contributed by atoms with van der Waals surface area (Å²) in [7, 11) is 0. The van der Waals surface area contributed by atoms with Crippen LogP contribution >= 0.6 is 0 Å². The van der Waals surface area contributed by atoms with Crippen LogP contribution in [0.15, 0.2) is 46.3 Å². The molecule has 4 heterocycles. The van der Waals surface area contributed by atoms with E-state index in [0.29, 0.717) is 37.6 Å². The van der Waals surface area contributed by atoms with Gasteiger partial charge in [-0.2, -0.15) is 5.10 Å². The fourth-order valence-corrected chi connectivity index (χ4v) is 2.93. The van der Waals surface area contributed by atoms with Crippen molar-refractivity contribution < 1.29 is 9.21 Å². The van der Waals surface area contributed by atoms with Gasteiger partial charge in [-0.3, -0.25) is 14.2 Å². The van der Waals surface area contributed by atoms with Gasteiger partial charge in [0.05, 0.1) is 25.0 Å². The summed E-state index contributed by atoms with van der Waals surface area (Å²) in [5.41, 5.74) is 0.474. The first-order chi connectivity index (χ1) is 12.2. The van der Waals surface area contributed by atoms with Crippen molar-refractivity contribution in [3.8, 4) is 0 Å². The first-order valence-corrected chi connectivity index (χ1v) is 7.95. The maximum atomic E-state index is 12.5. The molecule has 0 fully saturated rings. The first kappa shape index (κ1) is 15.3. The molecule has 128 valence electrons. The van der Waals surface area contributed by atoms with Crippen LogP contribution in [0, 0.1) is 0 Å². The van der Waals surface area contributed by atoms with Crippen LogP contribution in [0.1, 0.15) is 28.5 Å². The standard InChI is InChI=1S/C16H16N6O3/c23-15-7-12(8-21-11-17-10-18-21)19-14-9-20(4-2-5-22(14)15)16(24)13-3-1-6-25-13/h1,3,6-7,10-11H,2,4-5,8-9H2. The molecule has 1 aliphatic rings. The summed E-state index contributed by atoms with van der Waals surface area (Å²) < 4.78 is 8.42. The van der Waals surface area contributed by atoms with Crippen molar-refractivity contribution in [2.24, 2.45) is 0 Å². The second kappa shape index (κ2) is 6.34. The first-order valence-electron chi connectivity index (χ1n) is 7.95. The van der Waals surface area contributed by atoms with E-state index >= 15 is 0 Å². The van der Waals surface area contributed by atoms with E-state index < -0.39 is 0 Å². The van der Waals surface area contributed by atoms with E-state index in [1.807, 2.05) is 0 Å². The van der Waals surface area contributed by atoms with Gasteiger partial charge in [-0.05, 0) is 18.6 Å². The summed E-state index contributed by atoms with van der Waals surface area (Å²) in [6.45, 7) is 1.70. The highest BCUT2D eigenvalue weighted by Crippen LogP contribution is 2.14. The highest BCUT2D eigenvalue weighted by atomic mass is 16.3. The molecular weight excluding hydrogens is 324 g/mol. The van der Waals surface area contributed by atoms with Gasteiger partial charge in [0.2, 0.25) is 0 Å². The lowest BCUT2D eigenvalue weighted by Crippen LogP contribution is -2.32. The van der Waals surface area contributed by atoms with Crippen molar-refractivity contribution in [2.45, 2.75) is 26.1 Å². The van der Waals surface area contributed by atoms with Crippen LogP contribution in [0.3, 0.4) is 0 Å². The lowest BCUT2D eigenvalue weighted by molar-refractivity contribution is 0.0711. The Bertz CT molecular complexity index is 929. The molecule has 0 atom stereocenters. The fraction of sp³-hybridized carbons (Fsp3) is 0.312. The van der Waals surface area contributed by atoms with Gasteiger partial charge in [0.25, 0.3) is 11.5 Å². The van der Waals surface area contributed by atoms with Crippen LogP contribution in [0.2, 0.25) is 0 Å². The summed E-state index contributed by atoms with van der Waals surface area (Å²) in [6.07, 6.45) is 5.15. The van der Waals surface area contributed by atoms with E-state index in [2.05, 4.69) is 15.1 Å². The number of rotatable bonds is 3. The SMILES string of the molecule is O=C(c1ccco1)N1CCCn2c(nc(Cn3cncn3)cc2=O)C1. The van der Waals surface area contributed by atoms with E-state index in [-0.39, 0.29) is 23.8 Å². The number of carbonyl (C=O) groups excluding carboxylic acids is 1. The number of hydrogen-bond acceptors (Lipinski definition) is 6. The number of aromatic nitrogens is 5. The van der Waals surface area contributed by atoms with Gasteiger partial charge in [0.1, 0.15) is 18.5 Å². The Morgan fingerprint density at radius 3 is 3.00 bits per heavy atom. The van der Waals surface area contributed by atoms with Gasteiger partial charge in [-0.1, -0.05) is 0 Å². The minimum atomic E-state index is -0.200. The van der Waals surface area contributed by atoms with Crippen LogP contribution in [-0.4, -0.2) is 41.7 Å². The molecule has 1 amide bonds. The lowest BCUT2D eigenvalue weighted by atomic mass is 10.3. The lowest BCUT2D eigenvalue weighted by Gasteiger charge is -2.19. The molecule has 4 rings (SSSR count). The Hall–Kier alpha value is -3.23. The predicted octanol–water partition coefficient (Wildman–Crippen LogP) is 0.522. The summed E-state index contributed by atoms with van der Waals surface area (Å²) in [4.78, 5) is 35.1. The maximum absolute atomic E-state index is 12.5. The van der Waals surface area contributed by atoms with Gasteiger partial charge in [0.15, 0.2) is 5.76 Å². The predicted molar refractivity (Wildman–Crippen MR) is 85.7 cm³/mol. The molecule has 0 N–H and O–H groups in total. The average Bonchev–Trinajstić information content (AvgIpc) is 3.25. The highest BCUT2D eigenvalue weighted by Gasteiger charge is 2.23. The Balaban J connectivity index is 1.64. The summed E-state index contributed by atoms with van der Waals surface area (Å²) in [6, 6.07) is 4.82. The zero-order valence-electron chi connectivity index (χ0n) is 13.4. The second-order valence-electron chi connectivity index (χ2n) is 5.80. The molecule has 1 aliphatic heterocycles. The average molecular weight is 340 g/mol. The van der Waals surface area contributed by atoms with E-state index in [4.69, 9.17) is 4.42 Å². The number of furan rings is 1. The topological polar surface area (TPSA) is 99.1 Å². The number of carbonyl (C=O) groups is 1. The second-order valence-corrected chi connectivity index (χ2v) is 5.80. The molecule has 0 saturated carbocycles. The molecule has 25 heavy (non-hydrogen) atoms. The smallest absolute Gasteiger partial charge is 0.289 e. The molecule has 0 saturated heterocycles. The van der Waals surface area contributed by atoms with Crippen molar-refractivity contribution in [3.05, 3.63) is 64.7 Å². The summed E-state index contributed by atoms with van der Waals surface area (Å²) in [5.74, 6) is 0.656. The van der Waals surface area contributed by atoms with Gasteiger partial charge >= 0.3 is 0 Å². The van der Waals surface area contributed by atoms with Crippen LogP contribution in [0.5, 0.6) is 0 Å². The fourth-order valence-electron chi connectivity index (χ4n) is 2.93. The van der Waals surface area contributed by atoms with Crippen molar-refractivity contribution >= 4 is 5.91 Å². The van der Waals surface area contributed by atoms with Crippen LogP contribution in [-0.2, 0) is 19.6 Å². The minimum Gasteiger partial charge on any atom is -0.459 e. The summed E-state index contributed by atoms with van der Waals surface area (Å²) in [5, 5.41) is 4.03. The van der Waals surface area contributed by atoms with Gasteiger partial charge < -0.3 is 9.32 Å². The van der Waals surface area contributed by atoms with Crippen molar-refractivity contribution in [2.75, 3.05) is 6.54 Å². The largest absolute Gasteiger partial charge is 0.459 e. The van der Waals surface area contributed by atoms with Crippen LogP contribution in [0.25, 0.3) is 0 Å². The Kier molecular flexibility index (Phi) is 3.88. The van der Waals surface area contributed by atoms with Crippen molar-refractivity contribution in [1.82, 2.24) is 29.2 Å². The molecule has 0 aliphatic carbocycles. The maximum Gasteiger partial charge on any atom is 0.289 e. The number of nitrogens with zero attached hydrogens (tertiary/aromatic N) is 6. The molecule has 9 nitrogen and oxygen atoms in total. The third kappa shape index (κ3) is 3.08. The van der Waals surface area contributed by atoms with Crippen LogP contribution in [0.4, 0.5) is 0 Å². The number of hydrogen-bond donors (Lipinski definition) is 0.